The van der Waals surface area contributed by atoms with Crippen LogP contribution in [-0.2, 0) is 11.3 Å². The minimum Gasteiger partial charge on any atom is -0.356 e. The van der Waals surface area contributed by atoms with E-state index in [4.69, 9.17) is 0 Å². The van der Waals surface area contributed by atoms with Crippen LogP contribution < -0.4 is 5.32 Å². The summed E-state index contributed by atoms with van der Waals surface area (Å²) in [5.74, 6) is 1.14. The number of amides is 1. The Morgan fingerprint density at radius 2 is 2.14 bits per heavy atom. The van der Waals surface area contributed by atoms with Gasteiger partial charge in [-0.3, -0.25) is 9.69 Å². The second-order valence-corrected chi connectivity index (χ2v) is 7.55. The molecule has 0 aromatic carbocycles. The van der Waals surface area contributed by atoms with E-state index in [1.165, 1.54) is 10.4 Å². The van der Waals surface area contributed by atoms with Gasteiger partial charge in [0.15, 0.2) is 0 Å². The Morgan fingerprint density at radius 1 is 1.43 bits per heavy atom. The molecule has 1 aliphatic heterocycles. The van der Waals surface area contributed by atoms with Gasteiger partial charge in [-0.25, -0.2) is 0 Å². The number of nitrogens with zero attached hydrogens (tertiary/aromatic N) is 1. The van der Waals surface area contributed by atoms with Crippen molar-refractivity contribution in [3.63, 3.8) is 0 Å². The summed E-state index contributed by atoms with van der Waals surface area (Å²) in [6.45, 7) is 10.5. The van der Waals surface area contributed by atoms with Crippen molar-refractivity contribution in [3.05, 3.63) is 21.9 Å². The van der Waals surface area contributed by atoms with Gasteiger partial charge in [-0.15, -0.1) is 11.3 Å². The van der Waals surface area contributed by atoms with Gasteiger partial charge >= 0.3 is 0 Å². The van der Waals surface area contributed by atoms with Crippen molar-refractivity contribution < 1.29 is 4.79 Å². The first-order chi connectivity index (χ1) is 10.1. The molecule has 1 N–H and O–H groups in total. The number of hydrogen-bond donors (Lipinski definition) is 1. The first-order valence-electron chi connectivity index (χ1n) is 8.09. The van der Waals surface area contributed by atoms with Gasteiger partial charge in [0.1, 0.15) is 0 Å². The fraction of sp³-hybridized carbons (Fsp3) is 0.706. The summed E-state index contributed by atoms with van der Waals surface area (Å²) in [5.41, 5.74) is 1.40. The minimum atomic E-state index is 0.220. The predicted octanol–water partition coefficient (Wildman–Crippen LogP) is 3.43. The Hall–Kier alpha value is -0.870. The zero-order valence-corrected chi connectivity index (χ0v) is 14.3. The first-order valence-corrected chi connectivity index (χ1v) is 8.97. The maximum Gasteiger partial charge on any atom is 0.223 e. The Morgan fingerprint density at radius 3 is 2.71 bits per heavy atom. The van der Waals surface area contributed by atoms with Crippen LogP contribution in [0.1, 0.15) is 43.6 Å². The molecule has 0 bridgehead atoms. The topological polar surface area (TPSA) is 32.3 Å². The number of piperidine rings is 1. The second kappa shape index (κ2) is 7.95. The zero-order valence-electron chi connectivity index (χ0n) is 13.5. The van der Waals surface area contributed by atoms with Gasteiger partial charge in [-0.2, -0.15) is 0 Å². The quantitative estimate of drug-likeness (QED) is 0.873. The normalized spacial score (nSPS) is 17.3. The molecule has 0 radical (unpaired) electrons. The lowest BCUT2D eigenvalue weighted by molar-refractivity contribution is -0.126. The number of likely N-dealkylation sites (tertiary alicyclic amines) is 1. The van der Waals surface area contributed by atoms with Gasteiger partial charge in [0.2, 0.25) is 5.91 Å². The summed E-state index contributed by atoms with van der Waals surface area (Å²) >= 11 is 1.84. The van der Waals surface area contributed by atoms with Crippen LogP contribution in [0, 0.1) is 18.8 Å². The van der Waals surface area contributed by atoms with E-state index in [1.54, 1.807) is 0 Å². The lowest BCUT2D eigenvalue weighted by Crippen LogP contribution is -2.40. The molecule has 2 heterocycles. The molecule has 0 aliphatic carbocycles. The Labute approximate surface area is 132 Å². The van der Waals surface area contributed by atoms with Crippen molar-refractivity contribution in [2.45, 2.75) is 46.6 Å². The highest BCUT2D eigenvalue weighted by molar-refractivity contribution is 7.10. The van der Waals surface area contributed by atoms with Crippen LogP contribution >= 0.6 is 11.3 Å². The molecule has 0 unspecified atom stereocenters. The van der Waals surface area contributed by atoms with Gasteiger partial charge in [-0.1, -0.05) is 13.8 Å². The van der Waals surface area contributed by atoms with E-state index >= 15 is 0 Å². The van der Waals surface area contributed by atoms with Crippen molar-refractivity contribution >= 4 is 17.2 Å². The highest BCUT2D eigenvalue weighted by Gasteiger charge is 2.25. The molecular weight excluding hydrogens is 280 g/mol. The Bertz CT molecular complexity index is 447. The van der Waals surface area contributed by atoms with E-state index in [1.807, 2.05) is 11.3 Å². The van der Waals surface area contributed by atoms with Crippen LogP contribution in [0.5, 0.6) is 0 Å². The van der Waals surface area contributed by atoms with E-state index in [2.05, 4.69) is 42.4 Å². The number of rotatable bonds is 6. The lowest BCUT2D eigenvalue weighted by Gasteiger charge is -2.31. The predicted molar refractivity (Wildman–Crippen MR) is 89.5 cm³/mol. The molecule has 2 rings (SSSR count). The molecule has 1 aromatic heterocycles. The molecule has 21 heavy (non-hydrogen) atoms. The first kappa shape index (κ1) is 16.5. The van der Waals surface area contributed by atoms with Crippen LogP contribution in [0.25, 0.3) is 0 Å². The molecule has 0 atom stereocenters. The van der Waals surface area contributed by atoms with E-state index in [0.29, 0.717) is 5.92 Å². The number of thiophene rings is 1. The van der Waals surface area contributed by atoms with Crippen molar-refractivity contribution in [3.8, 4) is 0 Å². The molecule has 1 saturated heterocycles. The van der Waals surface area contributed by atoms with Crippen LogP contribution in [0.2, 0.25) is 0 Å². The van der Waals surface area contributed by atoms with Crippen LogP contribution in [0.3, 0.4) is 0 Å². The average Bonchev–Trinajstić information content (AvgIpc) is 2.84. The summed E-state index contributed by atoms with van der Waals surface area (Å²) in [4.78, 5) is 16.1. The third-order valence-electron chi connectivity index (χ3n) is 4.31. The highest BCUT2D eigenvalue weighted by Crippen LogP contribution is 2.23. The van der Waals surface area contributed by atoms with Gasteiger partial charge < -0.3 is 5.32 Å². The zero-order chi connectivity index (χ0) is 15.2. The second-order valence-electron chi connectivity index (χ2n) is 6.55. The van der Waals surface area contributed by atoms with Crippen molar-refractivity contribution in [2.24, 2.45) is 11.8 Å². The van der Waals surface area contributed by atoms with Crippen LogP contribution in [0.15, 0.2) is 11.4 Å². The van der Waals surface area contributed by atoms with Crippen molar-refractivity contribution in [1.82, 2.24) is 10.2 Å². The number of nitrogens with one attached hydrogen (secondary N) is 1. The van der Waals surface area contributed by atoms with E-state index in [0.717, 1.165) is 45.4 Å². The van der Waals surface area contributed by atoms with Crippen LogP contribution in [-0.4, -0.2) is 30.4 Å². The van der Waals surface area contributed by atoms with E-state index in [-0.39, 0.29) is 11.8 Å². The molecule has 4 heteroatoms. The van der Waals surface area contributed by atoms with Crippen molar-refractivity contribution in [2.75, 3.05) is 19.6 Å². The standard InChI is InChI=1S/C17H28N2OS/c1-13(2)4-8-18-17(20)15-5-9-19(10-6-15)12-16-14(3)7-11-21-16/h7,11,13,15H,4-6,8-10,12H2,1-3H3,(H,18,20). The van der Waals surface area contributed by atoms with Gasteiger partial charge in [0.25, 0.3) is 0 Å². The van der Waals surface area contributed by atoms with Gasteiger partial charge in [0, 0.05) is 23.9 Å². The fourth-order valence-electron chi connectivity index (χ4n) is 2.75. The maximum atomic E-state index is 12.1. The molecule has 3 nitrogen and oxygen atoms in total. The third kappa shape index (κ3) is 5.11. The van der Waals surface area contributed by atoms with Crippen molar-refractivity contribution in [1.29, 1.82) is 0 Å². The van der Waals surface area contributed by atoms with Gasteiger partial charge in [0.05, 0.1) is 0 Å². The van der Waals surface area contributed by atoms with E-state index < -0.39 is 0 Å². The molecule has 1 amide bonds. The summed E-state index contributed by atoms with van der Waals surface area (Å²) in [7, 11) is 0. The number of hydrogen-bond acceptors (Lipinski definition) is 3. The minimum absolute atomic E-state index is 0.220. The molecule has 1 aromatic rings. The number of carbonyl (C=O) groups is 1. The Kier molecular flexibility index (Phi) is 6.24. The largest absolute Gasteiger partial charge is 0.356 e. The molecule has 0 spiro atoms. The maximum absolute atomic E-state index is 12.1. The van der Waals surface area contributed by atoms with E-state index in [9.17, 15) is 4.79 Å². The monoisotopic (exact) mass is 308 g/mol. The SMILES string of the molecule is Cc1ccsc1CN1CCC(C(=O)NCCC(C)C)CC1. The fourth-order valence-corrected chi connectivity index (χ4v) is 3.70. The molecule has 118 valence electrons. The Balaban J connectivity index is 1.70. The highest BCUT2D eigenvalue weighted by atomic mass is 32.1. The summed E-state index contributed by atoms with van der Waals surface area (Å²) < 4.78 is 0. The summed E-state index contributed by atoms with van der Waals surface area (Å²) in [6.07, 6.45) is 3.07. The summed E-state index contributed by atoms with van der Waals surface area (Å²) in [6, 6.07) is 2.19. The van der Waals surface area contributed by atoms with Gasteiger partial charge in [-0.05, 0) is 62.2 Å². The summed E-state index contributed by atoms with van der Waals surface area (Å²) in [5, 5.41) is 5.26. The average molecular weight is 308 g/mol. The lowest BCUT2D eigenvalue weighted by atomic mass is 9.95. The molecule has 1 aliphatic rings. The third-order valence-corrected chi connectivity index (χ3v) is 5.32. The molecule has 0 saturated carbocycles. The number of aryl methyl sites for hydroxylation is 1. The number of carbonyl (C=O) groups excluding carboxylic acids is 1. The molecular formula is C17H28N2OS. The van der Waals surface area contributed by atoms with Crippen LogP contribution in [0.4, 0.5) is 0 Å². The molecule has 1 fully saturated rings. The smallest absolute Gasteiger partial charge is 0.223 e.